The number of nitrogens with zero attached hydrogens (tertiary/aromatic N) is 2. The van der Waals surface area contributed by atoms with Gasteiger partial charge in [-0.25, -0.2) is 14.1 Å². The van der Waals surface area contributed by atoms with Crippen molar-refractivity contribution in [1.82, 2.24) is 24.9 Å². The van der Waals surface area contributed by atoms with Gasteiger partial charge in [-0.3, -0.25) is 33.9 Å². The highest BCUT2D eigenvalue weighted by Gasteiger charge is 2.53. The molecule has 1 aliphatic rings. The molecule has 2 aromatic heterocycles. The number of aliphatic carboxylic acids is 1. The number of nitrogens with one attached hydrogen (secondary N) is 4. The second-order valence-corrected chi connectivity index (χ2v) is 12.2. The first-order valence-corrected chi connectivity index (χ1v) is 15.0. The van der Waals surface area contributed by atoms with Crippen molar-refractivity contribution < 1.29 is 57.7 Å². The molecule has 0 radical (unpaired) electrons. The highest BCUT2D eigenvalue weighted by Crippen LogP contribution is 2.32. The van der Waals surface area contributed by atoms with Crippen LogP contribution >= 0.6 is 11.3 Å². The van der Waals surface area contributed by atoms with Crippen molar-refractivity contribution in [2.45, 2.75) is 58.7 Å². The molecule has 3 amide bonds. The third kappa shape index (κ3) is 12.2. The minimum absolute atomic E-state index is 0. The lowest BCUT2D eigenvalue weighted by Gasteiger charge is -2.44. The first kappa shape index (κ1) is 42.2. The second-order valence-electron chi connectivity index (χ2n) is 10.0. The predicted octanol–water partition coefficient (Wildman–Crippen LogP) is -2.06. The van der Waals surface area contributed by atoms with Gasteiger partial charge in [0.1, 0.15) is 11.4 Å². The van der Waals surface area contributed by atoms with Crippen LogP contribution in [0, 0.1) is 11.3 Å². The molecule has 262 valence electrons. The summed E-state index contributed by atoms with van der Waals surface area (Å²) in [6, 6.07) is -0.197. The Morgan fingerprint density at radius 2 is 1.72 bits per heavy atom. The number of rotatable bonds is 13. The zero-order valence-electron chi connectivity index (χ0n) is 24.3. The van der Waals surface area contributed by atoms with Gasteiger partial charge in [0, 0.05) is 49.1 Å². The summed E-state index contributed by atoms with van der Waals surface area (Å²) >= 11 is 1.00. The lowest BCUT2D eigenvalue weighted by atomic mass is 9.84. The molecule has 12 N–H and O–H groups in total. The summed E-state index contributed by atoms with van der Waals surface area (Å²) in [6.07, 6.45) is -0.0834. The van der Waals surface area contributed by atoms with Crippen LogP contribution < -0.4 is 21.8 Å². The average molecular weight is 708 g/mol. The largest absolute Gasteiger partial charge is 0.503 e. The highest BCUT2D eigenvalue weighted by molar-refractivity contribution is 7.84. The van der Waals surface area contributed by atoms with Gasteiger partial charge in [-0.15, -0.1) is 11.3 Å². The van der Waals surface area contributed by atoms with Crippen LogP contribution in [-0.4, -0.2) is 101 Å². The van der Waals surface area contributed by atoms with Crippen molar-refractivity contribution in [3.05, 3.63) is 39.3 Å². The molecule has 0 unspecified atom stereocenters. The van der Waals surface area contributed by atoms with Crippen molar-refractivity contribution in [2.75, 3.05) is 12.3 Å². The standard InChI is InChI=1S/C20H23N7O9S2.C4H8O3.CH4.H2O/c21-18(11-8-37-20(22)26-11)14(29)4-10-12(27(19(10)33)38(34,35)36)6-25-17(32)2-1-16(31)24-5-9-3-13(28)15(30)7-23-9;1-4(2,7)3(5)6;;/h3,7-8,10,12,21,30H,1-2,4-6H2,(H2,22,26)(H,23,28)(H,24,31)(H,25,32)(H,34,35,36);7H,1-2H3,(H,5,6);1H4;1H2/t10-,12+;;;/m0.../s1. The molecule has 0 aliphatic carbocycles. The van der Waals surface area contributed by atoms with Gasteiger partial charge in [-0.2, -0.15) is 8.42 Å². The number of aromatic hydroxyl groups is 1. The van der Waals surface area contributed by atoms with Crippen LogP contribution in [0.5, 0.6) is 5.75 Å². The molecule has 47 heavy (non-hydrogen) atoms. The Bertz CT molecular complexity index is 1650. The summed E-state index contributed by atoms with van der Waals surface area (Å²) < 4.78 is 32.8. The lowest BCUT2D eigenvalue weighted by Crippen LogP contribution is -2.66. The molecule has 1 aliphatic heterocycles. The number of amides is 3. The summed E-state index contributed by atoms with van der Waals surface area (Å²) in [4.78, 5) is 76.6. The molecule has 2 atom stereocenters. The molecule has 0 bridgehead atoms. The third-order valence-corrected chi connectivity index (χ3v) is 7.67. The molecular weight excluding hydrogens is 670 g/mol. The summed E-state index contributed by atoms with van der Waals surface area (Å²) in [5, 5.41) is 40.0. The maximum atomic E-state index is 12.5. The van der Waals surface area contributed by atoms with Gasteiger partial charge in [0.2, 0.25) is 23.2 Å². The predicted molar refractivity (Wildman–Crippen MR) is 166 cm³/mol. The number of nitrogens with two attached hydrogens (primary N) is 1. The maximum Gasteiger partial charge on any atom is 0.362 e. The molecule has 0 aromatic carbocycles. The molecule has 0 saturated carbocycles. The van der Waals surface area contributed by atoms with Gasteiger partial charge in [0.25, 0.3) is 0 Å². The minimum atomic E-state index is -4.98. The molecule has 0 spiro atoms. The van der Waals surface area contributed by atoms with Crippen LogP contribution in [0.1, 0.15) is 51.9 Å². The number of H-pyrrole nitrogens is 1. The van der Waals surface area contributed by atoms with E-state index in [1.807, 2.05) is 0 Å². The van der Waals surface area contributed by atoms with Crippen LogP contribution in [0.25, 0.3) is 0 Å². The Balaban J connectivity index is 0.00000211. The lowest BCUT2D eigenvalue weighted by molar-refractivity contribution is -0.154. The number of carboxylic acid groups (broad SMARTS) is 1. The summed E-state index contributed by atoms with van der Waals surface area (Å²) in [5.41, 5.74) is 3.06. The monoisotopic (exact) mass is 707 g/mol. The number of β-lactam (4-membered cyclic amide) rings is 1. The Morgan fingerprint density at radius 3 is 2.19 bits per heavy atom. The number of nitrogen functional groups attached to an aromatic ring is 1. The fourth-order valence-electron chi connectivity index (χ4n) is 3.58. The number of pyridine rings is 1. The smallest absolute Gasteiger partial charge is 0.362 e. The fraction of sp³-hybridized carbons (Fsp3) is 0.440. The first-order valence-electron chi connectivity index (χ1n) is 12.8. The number of aromatic amines is 1. The van der Waals surface area contributed by atoms with Gasteiger partial charge in [0.15, 0.2) is 22.3 Å². The molecule has 1 fully saturated rings. The van der Waals surface area contributed by atoms with E-state index < -0.39 is 87.2 Å². The average Bonchev–Trinajstić information content (AvgIpc) is 3.37. The number of ketones is 1. The number of aromatic nitrogens is 2. The van der Waals surface area contributed by atoms with Crippen LogP contribution in [0.4, 0.5) is 5.13 Å². The number of Topliss-reactive ketones (excluding diaryl/α,β-unsaturated/α-hetero) is 1. The third-order valence-electron chi connectivity index (χ3n) is 6.05. The number of carbonyl (C=O) groups is 5. The quantitative estimate of drug-likeness (QED) is 0.0614. The second kappa shape index (κ2) is 17.2. The number of hydrogen-bond donors (Lipinski definition) is 9. The van der Waals surface area contributed by atoms with Gasteiger partial charge < -0.3 is 42.1 Å². The zero-order chi connectivity index (χ0) is 34.3. The Hall–Kier alpha value is -4.77. The van der Waals surface area contributed by atoms with Crippen molar-refractivity contribution in [3.63, 3.8) is 0 Å². The molecule has 3 rings (SSSR count). The fourth-order valence-corrected chi connectivity index (χ4v) is 5.06. The van der Waals surface area contributed by atoms with Crippen LogP contribution in [0.2, 0.25) is 0 Å². The SMILES string of the molecule is C.CC(C)(O)C(=O)O.N=C(C(=O)C[C@@H]1C(=O)N(S(=O)(=O)O)[C@@H]1CNC(=O)CCC(=O)NCc1cc(=O)c(O)c[nH]1)c1csc(N)n1.O. The molecule has 20 nitrogen and oxygen atoms in total. The van der Waals surface area contributed by atoms with E-state index in [9.17, 15) is 46.8 Å². The van der Waals surface area contributed by atoms with Crippen molar-refractivity contribution in [3.8, 4) is 5.75 Å². The Morgan fingerprint density at radius 1 is 1.17 bits per heavy atom. The van der Waals surface area contributed by atoms with Crippen LogP contribution in [0.3, 0.4) is 0 Å². The molecule has 3 heterocycles. The van der Waals surface area contributed by atoms with Crippen molar-refractivity contribution in [1.29, 1.82) is 5.41 Å². The molecular formula is C25H37N7O13S2. The van der Waals surface area contributed by atoms with E-state index in [0.29, 0.717) is 5.69 Å². The van der Waals surface area contributed by atoms with E-state index in [4.69, 9.17) is 21.4 Å². The normalized spacial score (nSPS) is 15.4. The number of thiazole rings is 1. The van der Waals surface area contributed by atoms with E-state index in [0.717, 1.165) is 23.6 Å². The summed E-state index contributed by atoms with van der Waals surface area (Å²) in [6.45, 7) is 1.92. The van der Waals surface area contributed by atoms with E-state index in [1.54, 1.807) is 0 Å². The number of carboxylic acids is 1. The van der Waals surface area contributed by atoms with Gasteiger partial charge in [0.05, 0.1) is 18.5 Å². The zero-order valence-corrected chi connectivity index (χ0v) is 25.9. The van der Waals surface area contributed by atoms with Gasteiger partial charge in [-0.05, 0) is 13.8 Å². The Labute approximate surface area is 271 Å². The van der Waals surface area contributed by atoms with Crippen LogP contribution in [0.15, 0.2) is 22.4 Å². The summed E-state index contributed by atoms with van der Waals surface area (Å²) in [5.74, 6) is -6.03. The topological polar surface area (TPSA) is 355 Å². The minimum Gasteiger partial charge on any atom is -0.503 e. The summed E-state index contributed by atoms with van der Waals surface area (Å²) in [7, 11) is -4.98. The van der Waals surface area contributed by atoms with Gasteiger partial charge >= 0.3 is 16.3 Å². The number of hydrogen-bond acceptors (Lipinski definition) is 14. The number of aliphatic hydroxyl groups is 1. The molecule has 2 aromatic rings. The number of carbonyl (C=O) groups excluding carboxylic acids is 4. The van der Waals surface area contributed by atoms with E-state index >= 15 is 0 Å². The first-order chi connectivity index (χ1) is 20.7. The van der Waals surface area contributed by atoms with E-state index in [2.05, 4.69) is 20.6 Å². The highest BCUT2D eigenvalue weighted by atomic mass is 32.2. The van der Waals surface area contributed by atoms with Crippen molar-refractivity contribution >= 4 is 62.0 Å². The molecule has 22 heteroatoms. The molecule has 1 saturated heterocycles. The van der Waals surface area contributed by atoms with Gasteiger partial charge in [-0.1, -0.05) is 7.43 Å². The van der Waals surface area contributed by atoms with E-state index in [-0.39, 0.29) is 47.4 Å². The number of anilines is 1. The van der Waals surface area contributed by atoms with Crippen molar-refractivity contribution in [2.24, 2.45) is 5.92 Å². The maximum absolute atomic E-state index is 12.5. The van der Waals surface area contributed by atoms with E-state index in [1.165, 1.54) is 19.2 Å². The Kier molecular flexibility index (Phi) is 15.5. The van der Waals surface area contributed by atoms with Crippen LogP contribution in [-0.2, 0) is 40.8 Å².